The van der Waals surface area contributed by atoms with Gasteiger partial charge in [-0.2, -0.15) is 0 Å². The lowest BCUT2D eigenvalue weighted by atomic mass is 10.3. The van der Waals surface area contributed by atoms with E-state index in [4.69, 9.17) is 17.3 Å². The Morgan fingerprint density at radius 2 is 1.67 bits per heavy atom. The molecule has 4 heteroatoms. The summed E-state index contributed by atoms with van der Waals surface area (Å²) in [5.41, 5.74) is 8.72. The molecule has 1 radical (unpaired) electrons. The SMILES string of the molecule is [NH]c1nc2ccccc2nc1Cl. The average molecular weight is 179 g/mol. The van der Waals surface area contributed by atoms with Gasteiger partial charge in [0.1, 0.15) is 0 Å². The summed E-state index contributed by atoms with van der Waals surface area (Å²) in [6, 6.07) is 7.33. The van der Waals surface area contributed by atoms with Crippen LogP contribution in [0.2, 0.25) is 5.15 Å². The van der Waals surface area contributed by atoms with Crippen LogP contribution in [0, 0.1) is 0 Å². The van der Waals surface area contributed by atoms with Crippen molar-refractivity contribution < 1.29 is 0 Å². The van der Waals surface area contributed by atoms with E-state index >= 15 is 0 Å². The fourth-order valence-electron chi connectivity index (χ4n) is 0.979. The third kappa shape index (κ3) is 1.08. The molecule has 2 aromatic rings. The molecule has 0 amide bonds. The molecule has 0 bridgehead atoms. The van der Waals surface area contributed by atoms with Crippen molar-refractivity contribution in [3.63, 3.8) is 0 Å². The van der Waals surface area contributed by atoms with Gasteiger partial charge in [0.05, 0.1) is 11.0 Å². The molecule has 59 valence electrons. The lowest BCUT2D eigenvalue weighted by Gasteiger charge is -1.97. The minimum Gasteiger partial charge on any atom is -0.280 e. The van der Waals surface area contributed by atoms with E-state index in [-0.39, 0.29) is 11.0 Å². The third-order valence-electron chi connectivity index (χ3n) is 1.53. The summed E-state index contributed by atoms with van der Waals surface area (Å²) in [7, 11) is 0. The van der Waals surface area contributed by atoms with Crippen LogP contribution in [0.1, 0.15) is 0 Å². The monoisotopic (exact) mass is 178 g/mol. The largest absolute Gasteiger partial charge is 0.280 e. The van der Waals surface area contributed by atoms with Crippen LogP contribution in [0.25, 0.3) is 11.0 Å². The van der Waals surface area contributed by atoms with E-state index in [1.807, 2.05) is 18.2 Å². The zero-order valence-corrected chi connectivity index (χ0v) is 6.84. The maximum atomic E-state index is 7.30. The lowest BCUT2D eigenvalue weighted by molar-refractivity contribution is 1.23. The molecule has 2 rings (SSSR count). The summed E-state index contributed by atoms with van der Waals surface area (Å²) in [5.74, 6) is 0.0235. The quantitative estimate of drug-likeness (QED) is 0.621. The summed E-state index contributed by atoms with van der Waals surface area (Å²) in [6.45, 7) is 0. The van der Waals surface area contributed by atoms with E-state index in [1.165, 1.54) is 0 Å². The molecule has 3 nitrogen and oxygen atoms in total. The molecule has 0 unspecified atom stereocenters. The summed E-state index contributed by atoms with van der Waals surface area (Å²) >= 11 is 5.63. The second kappa shape index (κ2) is 2.60. The molecule has 0 aliphatic heterocycles. The third-order valence-corrected chi connectivity index (χ3v) is 1.79. The second-order valence-corrected chi connectivity index (χ2v) is 2.71. The fourth-order valence-corrected chi connectivity index (χ4v) is 1.11. The van der Waals surface area contributed by atoms with Crippen molar-refractivity contribution in [3.8, 4) is 0 Å². The van der Waals surface area contributed by atoms with Crippen molar-refractivity contribution in [3.05, 3.63) is 29.4 Å². The number of hydrogen-bond acceptors (Lipinski definition) is 2. The molecule has 0 saturated heterocycles. The van der Waals surface area contributed by atoms with Gasteiger partial charge in [0.15, 0.2) is 11.0 Å². The Kier molecular flexibility index (Phi) is 1.59. The molecule has 0 aliphatic carbocycles. The summed E-state index contributed by atoms with van der Waals surface area (Å²) in [5, 5.41) is 0.147. The van der Waals surface area contributed by atoms with Gasteiger partial charge in [-0.1, -0.05) is 23.7 Å². The van der Waals surface area contributed by atoms with Crippen molar-refractivity contribution in [2.24, 2.45) is 0 Å². The Balaban J connectivity index is 2.84. The van der Waals surface area contributed by atoms with E-state index < -0.39 is 0 Å². The number of nitrogens with zero attached hydrogens (tertiary/aromatic N) is 2. The molecule has 1 aromatic carbocycles. The first-order chi connectivity index (χ1) is 5.77. The van der Waals surface area contributed by atoms with Crippen LogP contribution in [0.15, 0.2) is 24.3 Å². The Bertz CT molecular complexity index is 387. The first kappa shape index (κ1) is 7.31. The highest BCUT2D eigenvalue weighted by Crippen LogP contribution is 2.18. The predicted molar refractivity (Wildman–Crippen MR) is 47.3 cm³/mol. The van der Waals surface area contributed by atoms with Crippen LogP contribution >= 0.6 is 11.6 Å². The first-order valence-electron chi connectivity index (χ1n) is 3.41. The van der Waals surface area contributed by atoms with Crippen LogP contribution in [-0.2, 0) is 0 Å². The van der Waals surface area contributed by atoms with E-state index in [2.05, 4.69) is 9.97 Å². The van der Waals surface area contributed by atoms with Gasteiger partial charge in [-0.15, -0.1) is 0 Å². The molecule has 1 heterocycles. The van der Waals surface area contributed by atoms with Gasteiger partial charge in [-0.05, 0) is 12.1 Å². The van der Waals surface area contributed by atoms with E-state index in [9.17, 15) is 0 Å². The van der Waals surface area contributed by atoms with Crippen LogP contribution in [0.3, 0.4) is 0 Å². The number of halogens is 1. The van der Waals surface area contributed by atoms with Crippen LogP contribution in [0.4, 0.5) is 5.82 Å². The van der Waals surface area contributed by atoms with Gasteiger partial charge in [0, 0.05) is 0 Å². The smallest absolute Gasteiger partial charge is 0.183 e. The highest BCUT2D eigenvalue weighted by atomic mass is 35.5. The standard InChI is InChI=1S/C8H5ClN3/c9-7-8(10)12-6-4-2-1-3-5(6)11-7/h1-4,10H. The van der Waals surface area contributed by atoms with E-state index in [1.54, 1.807) is 6.07 Å². The number of para-hydroxylation sites is 2. The summed E-state index contributed by atoms with van der Waals surface area (Å²) in [6.07, 6.45) is 0. The Morgan fingerprint density at radius 3 is 2.33 bits per heavy atom. The highest BCUT2D eigenvalue weighted by molar-refractivity contribution is 6.31. The van der Waals surface area contributed by atoms with E-state index in [0.717, 1.165) is 5.52 Å². The minimum absolute atomic E-state index is 0.0235. The summed E-state index contributed by atoms with van der Waals surface area (Å²) in [4.78, 5) is 7.94. The van der Waals surface area contributed by atoms with Crippen molar-refractivity contribution in [1.29, 1.82) is 0 Å². The van der Waals surface area contributed by atoms with Crippen LogP contribution in [-0.4, -0.2) is 9.97 Å². The van der Waals surface area contributed by atoms with Gasteiger partial charge in [-0.25, -0.2) is 9.97 Å². The van der Waals surface area contributed by atoms with Crippen molar-refractivity contribution in [2.45, 2.75) is 0 Å². The summed E-state index contributed by atoms with van der Waals surface area (Å²) < 4.78 is 0. The average Bonchev–Trinajstić information content (AvgIpc) is 2.07. The number of aromatic nitrogens is 2. The van der Waals surface area contributed by atoms with Gasteiger partial charge in [-0.3, -0.25) is 5.73 Å². The zero-order valence-electron chi connectivity index (χ0n) is 6.08. The lowest BCUT2D eigenvalue weighted by Crippen LogP contribution is -1.86. The zero-order chi connectivity index (χ0) is 8.55. The second-order valence-electron chi connectivity index (χ2n) is 2.35. The minimum atomic E-state index is 0.0235. The molecule has 0 fully saturated rings. The first-order valence-corrected chi connectivity index (χ1v) is 3.79. The van der Waals surface area contributed by atoms with Crippen LogP contribution in [0.5, 0.6) is 0 Å². The molecule has 0 saturated carbocycles. The number of rotatable bonds is 0. The van der Waals surface area contributed by atoms with Crippen molar-refractivity contribution in [2.75, 3.05) is 0 Å². The van der Waals surface area contributed by atoms with Crippen LogP contribution < -0.4 is 5.73 Å². The Labute approximate surface area is 74.2 Å². The molecule has 1 N–H and O–H groups in total. The molecule has 0 spiro atoms. The topological polar surface area (TPSA) is 49.6 Å². The highest BCUT2D eigenvalue weighted by Gasteiger charge is 2.01. The molecule has 0 atom stereocenters. The number of fused-ring (bicyclic) bond motifs is 1. The predicted octanol–water partition coefficient (Wildman–Crippen LogP) is 2.20. The fraction of sp³-hybridized carbons (Fsp3) is 0. The van der Waals surface area contributed by atoms with Crippen molar-refractivity contribution in [1.82, 2.24) is 15.7 Å². The molecule has 1 aromatic heterocycles. The molecule has 0 aliphatic rings. The Morgan fingerprint density at radius 1 is 1.08 bits per heavy atom. The van der Waals surface area contributed by atoms with Gasteiger partial charge >= 0.3 is 0 Å². The Hall–Kier alpha value is -1.35. The molecular weight excluding hydrogens is 174 g/mol. The van der Waals surface area contributed by atoms with E-state index in [0.29, 0.717) is 5.52 Å². The van der Waals surface area contributed by atoms with Gasteiger partial charge in [0.25, 0.3) is 0 Å². The normalized spacial score (nSPS) is 10.4. The molecule has 12 heavy (non-hydrogen) atoms. The van der Waals surface area contributed by atoms with Crippen molar-refractivity contribution >= 4 is 28.5 Å². The maximum absolute atomic E-state index is 7.30. The number of hydrogen-bond donors (Lipinski definition) is 0. The molecular formula is C8H5ClN3. The number of nitrogens with one attached hydrogen (secondary N) is 1. The van der Waals surface area contributed by atoms with Gasteiger partial charge in [0.2, 0.25) is 0 Å². The maximum Gasteiger partial charge on any atom is 0.183 e. The number of benzene rings is 1. The van der Waals surface area contributed by atoms with Gasteiger partial charge < -0.3 is 0 Å².